The molecule has 2 amide bonds. The van der Waals surface area contributed by atoms with E-state index in [1.54, 1.807) is 0 Å². The number of hydrogen-bond donors (Lipinski definition) is 3. The molecule has 1 unspecified atom stereocenters. The van der Waals surface area contributed by atoms with E-state index in [-0.39, 0.29) is 19.1 Å². The van der Waals surface area contributed by atoms with E-state index >= 15 is 0 Å². The number of ether oxygens (including phenoxy) is 1. The van der Waals surface area contributed by atoms with Gasteiger partial charge in [0.15, 0.2) is 5.83 Å². The standard InChI is InChI=1S/C19H23BF2N2O5/c1-12(21)17(25)24-15-6-8-19(24,9-7-15)11-29-18(26)23-16(20(27)28)10-13-2-4-14(22)5-3-13/h2-5,15-16,27-28H,1,6-11H2,(H,23,26). The van der Waals surface area contributed by atoms with Crippen molar-refractivity contribution in [3.63, 3.8) is 0 Å². The van der Waals surface area contributed by atoms with E-state index in [4.69, 9.17) is 4.74 Å². The van der Waals surface area contributed by atoms with E-state index in [0.717, 1.165) is 0 Å². The van der Waals surface area contributed by atoms with E-state index in [1.807, 2.05) is 0 Å². The van der Waals surface area contributed by atoms with Gasteiger partial charge in [0.05, 0.1) is 11.5 Å². The molecule has 2 aliphatic rings. The molecule has 2 aliphatic heterocycles. The van der Waals surface area contributed by atoms with Crippen molar-refractivity contribution in [1.29, 1.82) is 0 Å². The predicted octanol–water partition coefficient (Wildman–Crippen LogP) is 1.48. The molecule has 2 bridgehead atoms. The number of benzene rings is 1. The number of amides is 2. The van der Waals surface area contributed by atoms with Crippen LogP contribution < -0.4 is 5.32 Å². The predicted molar refractivity (Wildman–Crippen MR) is 101 cm³/mol. The number of hydrogen-bond acceptors (Lipinski definition) is 5. The lowest BCUT2D eigenvalue weighted by molar-refractivity contribution is -0.134. The third-order valence-corrected chi connectivity index (χ3v) is 5.72. The Morgan fingerprint density at radius 3 is 2.48 bits per heavy atom. The number of alkyl carbamates (subject to hydrolysis) is 1. The molecule has 2 saturated heterocycles. The van der Waals surface area contributed by atoms with Gasteiger partial charge in [-0.15, -0.1) is 0 Å². The second-order valence-electron chi connectivity index (χ2n) is 7.61. The van der Waals surface area contributed by atoms with Gasteiger partial charge in [0, 0.05) is 6.04 Å². The van der Waals surface area contributed by atoms with Crippen molar-refractivity contribution in [1.82, 2.24) is 10.2 Å². The van der Waals surface area contributed by atoms with Gasteiger partial charge in [-0.3, -0.25) is 4.79 Å². The van der Waals surface area contributed by atoms with Gasteiger partial charge in [-0.2, -0.15) is 0 Å². The van der Waals surface area contributed by atoms with Crippen molar-refractivity contribution in [3.8, 4) is 0 Å². The summed E-state index contributed by atoms with van der Waals surface area (Å²) in [7, 11) is -1.86. The Morgan fingerprint density at radius 1 is 1.31 bits per heavy atom. The Labute approximate surface area is 167 Å². The van der Waals surface area contributed by atoms with Gasteiger partial charge >= 0.3 is 13.2 Å². The van der Waals surface area contributed by atoms with E-state index < -0.39 is 42.2 Å². The number of fused-ring (bicyclic) bond motifs is 2. The monoisotopic (exact) mass is 408 g/mol. The minimum Gasteiger partial charge on any atom is -0.447 e. The van der Waals surface area contributed by atoms with Crippen LogP contribution >= 0.6 is 0 Å². The van der Waals surface area contributed by atoms with E-state index in [9.17, 15) is 28.4 Å². The largest absolute Gasteiger partial charge is 0.475 e. The number of carbonyl (C=O) groups is 2. The summed E-state index contributed by atoms with van der Waals surface area (Å²) in [6, 6.07) is 5.32. The summed E-state index contributed by atoms with van der Waals surface area (Å²) in [6.07, 6.45) is 1.74. The average Bonchev–Trinajstić information content (AvgIpc) is 3.22. The van der Waals surface area contributed by atoms with Crippen LogP contribution in [0.1, 0.15) is 31.2 Å². The van der Waals surface area contributed by atoms with Gasteiger partial charge in [-0.1, -0.05) is 18.7 Å². The van der Waals surface area contributed by atoms with Crippen LogP contribution in [0, 0.1) is 5.82 Å². The summed E-state index contributed by atoms with van der Waals surface area (Å²) in [5.74, 6) is -3.33. The molecule has 1 aromatic rings. The molecule has 2 heterocycles. The maximum atomic E-state index is 13.4. The zero-order chi connectivity index (χ0) is 21.2. The van der Waals surface area contributed by atoms with Crippen LogP contribution in [0.2, 0.25) is 0 Å². The number of nitrogens with one attached hydrogen (secondary N) is 1. The van der Waals surface area contributed by atoms with Gasteiger partial charge in [0.2, 0.25) is 0 Å². The summed E-state index contributed by atoms with van der Waals surface area (Å²) >= 11 is 0. The highest BCUT2D eigenvalue weighted by Crippen LogP contribution is 2.47. The number of carbonyl (C=O) groups excluding carboxylic acids is 2. The van der Waals surface area contributed by atoms with Crippen molar-refractivity contribution < 1.29 is 33.2 Å². The molecule has 0 radical (unpaired) electrons. The molecule has 3 rings (SSSR count). The van der Waals surface area contributed by atoms with Gasteiger partial charge in [-0.25, -0.2) is 13.6 Å². The summed E-state index contributed by atoms with van der Waals surface area (Å²) < 4.78 is 31.7. The van der Waals surface area contributed by atoms with Gasteiger partial charge in [0.1, 0.15) is 12.4 Å². The first-order valence-corrected chi connectivity index (χ1v) is 9.44. The Kier molecular flexibility index (Phi) is 6.23. The first-order chi connectivity index (χ1) is 13.7. The van der Waals surface area contributed by atoms with E-state index in [2.05, 4.69) is 11.9 Å². The van der Waals surface area contributed by atoms with Crippen molar-refractivity contribution >= 4 is 19.1 Å². The van der Waals surface area contributed by atoms with Crippen molar-refractivity contribution in [2.24, 2.45) is 0 Å². The molecular formula is C19H23BF2N2O5. The lowest BCUT2D eigenvalue weighted by Gasteiger charge is -2.34. The fraction of sp³-hybridized carbons (Fsp3) is 0.474. The molecule has 2 fully saturated rings. The molecule has 29 heavy (non-hydrogen) atoms. The van der Waals surface area contributed by atoms with Gasteiger partial charge in [-0.05, 0) is 49.8 Å². The van der Waals surface area contributed by atoms with Crippen LogP contribution in [0.15, 0.2) is 36.7 Å². The van der Waals surface area contributed by atoms with Crippen LogP contribution in [0.4, 0.5) is 13.6 Å². The Hall–Kier alpha value is -2.46. The summed E-state index contributed by atoms with van der Waals surface area (Å²) in [4.78, 5) is 25.8. The first-order valence-electron chi connectivity index (χ1n) is 9.44. The topological polar surface area (TPSA) is 99.1 Å². The quantitative estimate of drug-likeness (QED) is 0.469. The molecule has 10 heteroatoms. The van der Waals surface area contributed by atoms with Crippen molar-refractivity contribution in [2.75, 3.05) is 6.61 Å². The average molecular weight is 408 g/mol. The SMILES string of the molecule is C=C(F)C(=O)N1C2CCC1(COC(=O)NC(Cc1ccc(F)cc1)B(O)O)CC2. The number of nitrogens with zero attached hydrogens (tertiary/aromatic N) is 1. The van der Waals surface area contributed by atoms with E-state index in [0.29, 0.717) is 31.2 Å². The Balaban J connectivity index is 1.59. The zero-order valence-corrected chi connectivity index (χ0v) is 15.8. The Bertz CT molecular complexity index is 781. The smallest absolute Gasteiger partial charge is 0.447 e. The van der Waals surface area contributed by atoms with Crippen LogP contribution in [0.3, 0.4) is 0 Å². The van der Waals surface area contributed by atoms with Crippen LogP contribution in [-0.4, -0.2) is 58.2 Å². The van der Waals surface area contributed by atoms with Crippen molar-refractivity contribution in [3.05, 3.63) is 48.1 Å². The summed E-state index contributed by atoms with van der Waals surface area (Å²) in [5, 5.41) is 21.5. The fourth-order valence-electron chi connectivity index (χ4n) is 4.25. The third kappa shape index (κ3) is 4.59. The summed E-state index contributed by atoms with van der Waals surface area (Å²) in [6.45, 7) is 2.94. The second kappa shape index (κ2) is 8.50. The minimum atomic E-state index is -1.86. The fourth-order valence-corrected chi connectivity index (χ4v) is 4.25. The molecule has 0 saturated carbocycles. The van der Waals surface area contributed by atoms with Gasteiger partial charge in [0.25, 0.3) is 5.91 Å². The van der Waals surface area contributed by atoms with Gasteiger partial charge < -0.3 is 25.0 Å². The molecule has 0 aromatic heterocycles. The highest BCUT2D eigenvalue weighted by atomic mass is 19.1. The minimum absolute atomic E-state index is 0.0482. The second-order valence-corrected chi connectivity index (χ2v) is 7.61. The van der Waals surface area contributed by atoms with E-state index in [1.165, 1.54) is 29.2 Å². The molecule has 3 N–H and O–H groups in total. The third-order valence-electron chi connectivity index (χ3n) is 5.72. The molecule has 0 spiro atoms. The highest BCUT2D eigenvalue weighted by Gasteiger charge is 2.55. The maximum Gasteiger partial charge on any atom is 0.475 e. The normalized spacial score (nSPS) is 23.6. The highest BCUT2D eigenvalue weighted by molar-refractivity contribution is 6.43. The molecule has 1 aromatic carbocycles. The number of halogens is 2. The molecule has 0 aliphatic carbocycles. The maximum absolute atomic E-state index is 13.4. The Morgan fingerprint density at radius 2 is 1.93 bits per heavy atom. The zero-order valence-electron chi connectivity index (χ0n) is 15.8. The molecule has 7 nitrogen and oxygen atoms in total. The number of rotatable bonds is 7. The lowest BCUT2D eigenvalue weighted by atomic mass is 9.76. The molecular weight excluding hydrogens is 385 g/mol. The lowest BCUT2D eigenvalue weighted by Crippen LogP contribution is -2.51. The molecule has 156 valence electrons. The van der Waals surface area contributed by atoms with Crippen LogP contribution in [-0.2, 0) is 16.0 Å². The molecule has 1 atom stereocenters. The summed E-state index contributed by atoms with van der Waals surface area (Å²) in [5.41, 5.74) is -0.172. The van der Waals surface area contributed by atoms with Crippen molar-refractivity contribution in [2.45, 2.75) is 49.6 Å². The first kappa shape index (κ1) is 21.3. The van der Waals surface area contributed by atoms with Crippen LogP contribution in [0.25, 0.3) is 0 Å². The van der Waals surface area contributed by atoms with Crippen LogP contribution in [0.5, 0.6) is 0 Å².